The number of aryl methyl sites for hydroxylation is 2. The number of pyridine rings is 1. The van der Waals surface area contributed by atoms with Gasteiger partial charge in [0.15, 0.2) is 5.78 Å². The summed E-state index contributed by atoms with van der Waals surface area (Å²) in [6.07, 6.45) is 5.40. The second-order valence-corrected chi connectivity index (χ2v) is 5.72. The fraction of sp³-hybridized carbons (Fsp3) is 0.211. The molecule has 0 N–H and O–H groups in total. The first-order chi connectivity index (χ1) is 11.0. The van der Waals surface area contributed by atoms with Gasteiger partial charge in [0.2, 0.25) is 0 Å². The number of benzene rings is 1. The van der Waals surface area contributed by atoms with E-state index < -0.39 is 5.97 Å². The maximum atomic E-state index is 12.6. The number of nitrogens with zero attached hydrogens (tertiary/aromatic N) is 1. The van der Waals surface area contributed by atoms with Gasteiger partial charge in [-0.15, -0.1) is 0 Å². The second kappa shape index (κ2) is 5.80. The Kier molecular flexibility index (Phi) is 3.82. The molecular weight excluding hydrogens is 290 g/mol. The van der Waals surface area contributed by atoms with E-state index >= 15 is 0 Å². The monoisotopic (exact) mass is 307 g/mol. The third kappa shape index (κ3) is 2.68. The Labute approximate surface area is 134 Å². The minimum Gasteiger partial charge on any atom is -0.465 e. The molecular formula is C19H17NO3. The van der Waals surface area contributed by atoms with Gasteiger partial charge >= 0.3 is 5.97 Å². The van der Waals surface area contributed by atoms with Gasteiger partial charge in [0.05, 0.1) is 12.7 Å². The number of Topliss-reactive ketones (excluding diaryl/α,β-unsaturated/α-hetero) is 1. The van der Waals surface area contributed by atoms with Crippen molar-refractivity contribution in [3.8, 4) is 0 Å². The number of carbonyl (C=O) groups is 2. The highest BCUT2D eigenvalue weighted by molar-refractivity contribution is 6.16. The number of hydrogen-bond acceptors (Lipinski definition) is 4. The Morgan fingerprint density at radius 2 is 2.00 bits per heavy atom. The zero-order valence-electron chi connectivity index (χ0n) is 13.3. The smallest absolute Gasteiger partial charge is 0.340 e. The topological polar surface area (TPSA) is 56.3 Å². The summed E-state index contributed by atoms with van der Waals surface area (Å²) in [6.45, 7) is 4.04. The van der Waals surface area contributed by atoms with E-state index in [0.29, 0.717) is 23.1 Å². The van der Waals surface area contributed by atoms with E-state index in [4.69, 9.17) is 4.74 Å². The zero-order chi connectivity index (χ0) is 16.6. The second-order valence-electron chi connectivity index (χ2n) is 5.72. The van der Waals surface area contributed by atoms with Crippen LogP contribution in [0.25, 0.3) is 6.08 Å². The number of fused-ring (bicyclic) bond motifs is 1. The van der Waals surface area contributed by atoms with Crippen LogP contribution in [0.4, 0.5) is 0 Å². The number of allylic oxidation sites excluding steroid dienone is 1. The van der Waals surface area contributed by atoms with Gasteiger partial charge in [-0.1, -0.05) is 6.07 Å². The Morgan fingerprint density at radius 3 is 2.74 bits per heavy atom. The van der Waals surface area contributed by atoms with Crippen molar-refractivity contribution >= 4 is 17.8 Å². The zero-order valence-corrected chi connectivity index (χ0v) is 13.3. The van der Waals surface area contributed by atoms with Crippen LogP contribution in [0, 0.1) is 13.8 Å². The van der Waals surface area contributed by atoms with Gasteiger partial charge in [-0.3, -0.25) is 9.78 Å². The first kappa shape index (κ1) is 15.2. The van der Waals surface area contributed by atoms with Crippen LogP contribution in [0.1, 0.15) is 43.0 Å². The van der Waals surface area contributed by atoms with Crippen molar-refractivity contribution < 1.29 is 14.3 Å². The summed E-state index contributed by atoms with van der Waals surface area (Å²) < 4.78 is 4.77. The molecule has 1 heterocycles. The molecule has 0 saturated carbocycles. The van der Waals surface area contributed by atoms with E-state index in [1.54, 1.807) is 18.3 Å². The molecule has 3 rings (SSSR count). The molecule has 0 amide bonds. The largest absolute Gasteiger partial charge is 0.465 e. The van der Waals surface area contributed by atoms with E-state index in [-0.39, 0.29) is 5.78 Å². The van der Waals surface area contributed by atoms with Gasteiger partial charge in [0.1, 0.15) is 0 Å². The molecule has 0 saturated heterocycles. The molecule has 23 heavy (non-hydrogen) atoms. The lowest BCUT2D eigenvalue weighted by Crippen LogP contribution is -2.05. The van der Waals surface area contributed by atoms with Crippen LogP contribution in [-0.2, 0) is 11.2 Å². The summed E-state index contributed by atoms with van der Waals surface area (Å²) in [5.41, 5.74) is 5.77. The molecule has 1 aliphatic rings. The van der Waals surface area contributed by atoms with Gasteiger partial charge < -0.3 is 4.74 Å². The number of aromatic nitrogens is 1. The quantitative estimate of drug-likeness (QED) is 0.631. The maximum absolute atomic E-state index is 12.6. The third-order valence-corrected chi connectivity index (χ3v) is 4.23. The summed E-state index contributed by atoms with van der Waals surface area (Å²) in [6, 6.07) is 5.73. The fourth-order valence-corrected chi connectivity index (χ4v) is 2.81. The lowest BCUT2D eigenvalue weighted by atomic mass is 10.0. The minimum absolute atomic E-state index is 0.0238. The van der Waals surface area contributed by atoms with Crippen LogP contribution in [0.3, 0.4) is 0 Å². The molecule has 4 heteroatoms. The summed E-state index contributed by atoms with van der Waals surface area (Å²) in [4.78, 5) is 28.4. The Balaban J connectivity index is 2.03. The van der Waals surface area contributed by atoms with E-state index in [2.05, 4.69) is 11.1 Å². The van der Waals surface area contributed by atoms with E-state index in [1.807, 2.05) is 19.9 Å². The van der Waals surface area contributed by atoms with Crippen molar-refractivity contribution in [2.24, 2.45) is 0 Å². The van der Waals surface area contributed by atoms with Crippen LogP contribution >= 0.6 is 0 Å². The third-order valence-electron chi connectivity index (χ3n) is 4.23. The van der Waals surface area contributed by atoms with Crippen molar-refractivity contribution in [3.63, 3.8) is 0 Å². The van der Waals surface area contributed by atoms with Crippen molar-refractivity contribution in [2.75, 3.05) is 7.11 Å². The molecule has 1 aromatic heterocycles. The Bertz CT molecular complexity index is 850. The standard InChI is InChI=1S/C19H17NO3/c1-11-6-14-9-15(18(21)16(14)7-12(11)2)8-13-4-5-20-10-17(13)19(22)23-3/h4-8,10H,9H2,1-3H3/b15-8+. The summed E-state index contributed by atoms with van der Waals surface area (Å²) in [7, 11) is 1.33. The average molecular weight is 307 g/mol. The van der Waals surface area contributed by atoms with Crippen LogP contribution < -0.4 is 0 Å². The van der Waals surface area contributed by atoms with Crippen molar-refractivity contribution in [1.29, 1.82) is 0 Å². The fourth-order valence-electron chi connectivity index (χ4n) is 2.81. The van der Waals surface area contributed by atoms with Gasteiger partial charge in [0, 0.05) is 30.0 Å². The predicted octanol–water partition coefficient (Wildman–Crippen LogP) is 3.31. The van der Waals surface area contributed by atoms with Gasteiger partial charge in [-0.2, -0.15) is 0 Å². The molecule has 0 spiro atoms. The lowest BCUT2D eigenvalue weighted by molar-refractivity contribution is 0.0600. The molecule has 2 aromatic rings. The van der Waals surface area contributed by atoms with E-state index in [9.17, 15) is 9.59 Å². The summed E-state index contributed by atoms with van der Waals surface area (Å²) in [5.74, 6) is -0.435. The number of esters is 1. The summed E-state index contributed by atoms with van der Waals surface area (Å²) in [5, 5.41) is 0. The number of carbonyl (C=O) groups excluding carboxylic acids is 2. The van der Waals surface area contributed by atoms with Crippen LogP contribution in [0.2, 0.25) is 0 Å². The summed E-state index contributed by atoms with van der Waals surface area (Å²) >= 11 is 0. The highest BCUT2D eigenvalue weighted by Crippen LogP contribution is 2.30. The number of methoxy groups -OCH3 is 1. The van der Waals surface area contributed by atoms with Gasteiger partial charge in [-0.05, 0) is 54.3 Å². The molecule has 0 atom stereocenters. The highest BCUT2D eigenvalue weighted by atomic mass is 16.5. The first-order valence-electron chi connectivity index (χ1n) is 7.39. The van der Waals surface area contributed by atoms with E-state index in [0.717, 1.165) is 16.7 Å². The molecule has 116 valence electrons. The Morgan fingerprint density at radius 1 is 1.26 bits per heavy atom. The molecule has 0 fully saturated rings. The molecule has 0 bridgehead atoms. The van der Waals surface area contributed by atoms with Crippen LogP contribution in [0.5, 0.6) is 0 Å². The molecule has 4 nitrogen and oxygen atoms in total. The number of hydrogen-bond donors (Lipinski definition) is 0. The molecule has 0 radical (unpaired) electrons. The normalized spacial score (nSPS) is 14.9. The van der Waals surface area contributed by atoms with Crippen molar-refractivity contribution in [2.45, 2.75) is 20.3 Å². The molecule has 1 aromatic carbocycles. The van der Waals surface area contributed by atoms with Gasteiger partial charge in [0.25, 0.3) is 0 Å². The minimum atomic E-state index is -0.459. The SMILES string of the molecule is COC(=O)c1cnccc1/C=C1\Cc2cc(C)c(C)cc2C1=O. The van der Waals surface area contributed by atoms with Crippen LogP contribution in [0.15, 0.2) is 36.2 Å². The predicted molar refractivity (Wildman–Crippen MR) is 87.5 cm³/mol. The van der Waals surface area contributed by atoms with Gasteiger partial charge in [-0.25, -0.2) is 4.79 Å². The van der Waals surface area contributed by atoms with Crippen LogP contribution in [-0.4, -0.2) is 23.8 Å². The molecule has 0 aliphatic heterocycles. The van der Waals surface area contributed by atoms with Crippen molar-refractivity contribution in [1.82, 2.24) is 4.98 Å². The Hall–Kier alpha value is -2.75. The lowest BCUT2D eigenvalue weighted by Gasteiger charge is -2.04. The number of rotatable bonds is 2. The highest BCUT2D eigenvalue weighted by Gasteiger charge is 2.26. The number of ketones is 1. The molecule has 1 aliphatic carbocycles. The van der Waals surface area contributed by atoms with Crippen molar-refractivity contribution in [3.05, 3.63) is 69.5 Å². The number of ether oxygens (including phenoxy) is 1. The average Bonchev–Trinajstić information content (AvgIpc) is 2.83. The maximum Gasteiger partial charge on any atom is 0.340 e. The first-order valence-corrected chi connectivity index (χ1v) is 7.39. The van der Waals surface area contributed by atoms with E-state index in [1.165, 1.54) is 18.9 Å². The molecule has 0 unspecified atom stereocenters.